The zero-order valence-corrected chi connectivity index (χ0v) is 10.3. The molecule has 0 aliphatic carbocycles. The molecule has 0 spiro atoms. The maximum absolute atomic E-state index is 11.3. The molecule has 0 aliphatic rings. The molecule has 1 aromatic carbocycles. The number of nitrogens with zero attached hydrogens (tertiary/aromatic N) is 1. The fraction of sp³-hybridized carbons (Fsp3) is 0.273. The van der Waals surface area contributed by atoms with Crippen LogP contribution in [0.1, 0.15) is 22.8 Å². The van der Waals surface area contributed by atoms with E-state index in [4.69, 9.17) is 16.3 Å². The van der Waals surface area contributed by atoms with Crippen molar-refractivity contribution in [2.75, 3.05) is 6.61 Å². The third-order valence-electron chi connectivity index (χ3n) is 2.15. The Balaban J connectivity index is 3.20. The SMILES string of the molecule is CCOC(=O)Cc1c(Cl)cc(C=O)cc1[N+](=O)[O-]. The van der Waals surface area contributed by atoms with Gasteiger partial charge in [0.25, 0.3) is 5.69 Å². The van der Waals surface area contributed by atoms with Gasteiger partial charge in [-0.05, 0) is 13.0 Å². The first-order chi connectivity index (χ1) is 8.49. The van der Waals surface area contributed by atoms with Crippen LogP contribution in [0.5, 0.6) is 0 Å². The number of rotatable bonds is 5. The Morgan fingerprint density at radius 2 is 2.22 bits per heavy atom. The van der Waals surface area contributed by atoms with Gasteiger partial charge < -0.3 is 4.74 Å². The van der Waals surface area contributed by atoms with Crippen molar-refractivity contribution < 1.29 is 19.2 Å². The van der Waals surface area contributed by atoms with E-state index >= 15 is 0 Å². The van der Waals surface area contributed by atoms with Crippen molar-refractivity contribution in [1.29, 1.82) is 0 Å². The van der Waals surface area contributed by atoms with E-state index in [2.05, 4.69) is 0 Å². The third-order valence-corrected chi connectivity index (χ3v) is 2.49. The summed E-state index contributed by atoms with van der Waals surface area (Å²) in [6.45, 7) is 1.81. The van der Waals surface area contributed by atoms with Crippen LogP contribution >= 0.6 is 11.6 Å². The molecule has 1 rings (SSSR count). The Kier molecular flexibility index (Phi) is 4.79. The second-order valence-electron chi connectivity index (χ2n) is 3.36. The minimum atomic E-state index is -0.687. The number of esters is 1. The highest BCUT2D eigenvalue weighted by atomic mass is 35.5. The highest BCUT2D eigenvalue weighted by molar-refractivity contribution is 6.32. The van der Waals surface area contributed by atoms with E-state index in [9.17, 15) is 19.7 Å². The van der Waals surface area contributed by atoms with Gasteiger partial charge in [0.05, 0.1) is 28.5 Å². The number of halogens is 1. The summed E-state index contributed by atoms with van der Waals surface area (Å²) in [5, 5.41) is 10.9. The van der Waals surface area contributed by atoms with Gasteiger partial charge in [-0.1, -0.05) is 11.6 Å². The summed E-state index contributed by atoms with van der Waals surface area (Å²) in [4.78, 5) is 32.1. The predicted octanol–water partition coefficient (Wildman–Crippen LogP) is 2.17. The molecule has 0 aliphatic heterocycles. The van der Waals surface area contributed by atoms with Crippen molar-refractivity contribution in [3.05, 3.63) is 38.4 Å². The maximum Gasteiger partial charge on any atom is 0.310 e. The zero-order chi connectivity index (χ0) is 13.7. The molecule has 0 heterocycles. The summed E-state index contributed by atoms with van der Waals surface area (Å²) in [5.74, 6) is -0.610. The molecular formula is C11H10ClNO5. The van der Waals surface area contributed by atoms with E-state index in [1.54, 1.807) is 6.92 Å². The van der Waals surface area contributed by atoms with Crippen molar-refractivity contribution in [2.45, 2.75) is 13.3 Å². The molecule has 0 fully saturated rings. The lowest BCUT2D eigenvalue weighted by atomic mass is 10.1. The van der Waals surface area contributed by atoms with Crippen LogP contribution in [0.15, 0.2) is 12.1 Å². The van der Waals surface area contributed by atoms with E-state index in [1.807, 2.05) is 0 Å². The number of hydrogen-bond donors (Lipinski definition) is 0. The van der Waals surface area contributed by atoms with Crippen LogP contribution in [0.25, 0.3) is 0 Å². The lowest BCUT2D eigenvalue weighted by Gasteiger charge is -2.06. The first-order valence-electron chi connectivity index (χ1n) is 5.07. The first-order valence-corrected chi connectivity index (χ1v) is 5.45. The molecule has 0 aromatic heterocycles. The van der Waals surface area contributed by atoms with Crippen LogP contribution in [-0.2, 0) is 16.0 Å². The topological polar surface area (TPSA) is 86.5 Å². The number of nitro groups is 1. The molecule has 0 unspecified atom stereocenters. The van der Waals surface area contributed by atoms with Gasteiger partial charge in [0.15, 0.2) is 0 Å². The second-order valence-corrected chi connectivity index (χ2v) is 3.76. The summed E-state index contributed by atoms with van der Waals surface area (Å²) < 4.78 is 4.70. The average molecular weight is 272 g/mol. The van der Waals surface area contributed by atoms with Gasteiger partial charge in [0, 0.05) is 11.6 Å². The van der Waals surface area contributed by atoms with E-state index < -0.39 is 10.9 Å². The van der Waals surface area contributed by atoms with Gasteiger partial charge >= 0.3 is 5.97 Å². The van der Waals surface area contributed by atoms with Crippen LogP contribution in [0.4, 0.5) is 5.69 Å². The number of aldehydes is 1. The van der Waals surface area contributed by atoms with Crippen molar-refractivity contribution >= 4 is 29.5 Å². The Morgan fingerprint density at radius 3 is 2.72 bits per heavy atom. The molecule has 0 radical (unpaired) electrons. The molecule has 0 bridgehead atoms. The number of ether oxygens (including phenoxy) is 1. The van der Waals surface area contributed by atoms with E-state index in [1.165, 1.54) is 6.07 Å². The largest absolute Gasteiger partial charge is 0.466 e. The standard InChI is InChI=1S/C11H10ClNO5/c1-2-18-11(15)5-8-9(12)3-7(6-14)4-10(8)13(16)17/h3-4,6H,2,5H2,1H3. The van der Waals surface area contributed by atoms with Crippen LogP contribution < -0.4 is 0 Å². The summed E-state index contributed by atoms with van der Waals surface area (Å²) in [5.41, 5.74) is -0.234. The molecule has 7 heteroatoms. The average Bonchev–Trinajstić information content (AvgIpc) is 2.31. The van der Waals surface area contributed by atoms with Gasteiger partial charge in [-0.2, -0.15) is 0 Å². The quantitative estimate of drug-likeness (QED) is 0.354. The third kappa shape index (κ3) is 3.27. The minimum absolute atomic E-state index is 0.000599. The van der Waals surface area contributed by atoms with E-state index in [0.717, 1.165) is 6.07 Å². The smallest absolute Gasteiger partial charge is 0.310 e. The molecule has 0 saturated heterocycles. The lowest BCUT2D eigenvalue weighted by molar-refractivity contribution is -0.385. The molecule has 1 aromatic rings. The highest BCUT2D eigenvalue weighted by Gasteiger charge is 2.21. The zero-order valence-electron chi connectivity index (χ0n) is 9.51. The van der Waals surface area contributed by atoms with Crippen molar-refractivity contribution in [3.8, 4) is 0 Å². The Morgan fingerprint density at radius 1 is 1.56 bits per heavy atom. The van der Waals surface area contributed by atoms with Gasteiger partial charge in [-0.25, -0.2) is 0 Å². The van der Waals surface area contributed by atoms with Gasteiger partial charge in [0.1, 0.15) is 6.29 Å². The summed E-state index contributed by atoms with van der Waals surface area (Å²) >= 11 is 5.83. The molecule has 0 amide bonds. The molecule has 96 valence electrons. The molecule has 0 N–H and O–H groups in total. The monoisotopic (exact) mass is 271 g/mol. The molecule has 18 heavy (non-hydrogen) atoms. The van der Waals surface area contributed by atoms with Crippen LogP contribution in [-0.4, -0.2) is 23.8 Å². The van der Waals surface area contributed by atoms with E-state index in [-0.39, 0.29) is 34.9 Å². The highest BCUT2D eigenvalue weighted by Crippen LogP contribution is 2.28. The lowest BCUT2D eigenvalue weighted by Crippen LogP contribution is -2.10. The van der Waals surface area contributed by atoms with Crippen LogP contribution in [0, 0.1) is 10.1 Å². The van der Waals surface area contributed by atoms with E-state index in [0.29, 0.717) is 6.29 Å². The fourth-order valence-corrected chi connectivity index (χ4v) is 1.69. The Bertz CT molecular complexity index is 500. The molecule has 0 atom stereocenters. The number of carbonyl (C=O) groups excluding carboxylic acids is 2. The molecular weight excluding hydrogens is 262 g/mol. The number of carbonyl (C=O) groups is 2. The maximum atomic E-state index is 11.3. The minimum Gasteiger partial charge on any atom is -0.466 e. The van der Waals surface area contributed by atoms with Gasteiger partial charge in [0.2, 0.25) is 0 Å². The van der Waals surface area contributed by atoms with Gasteiger partial charge in [-0.3, -0.25) is 19.7 Å². The van der Waals surface area contributed by atoms with Crippen molar-refractivity contribution in [2.24, 2.45) is 0 Å². The Hall–Kier alpha value is -1.95. The van der Waals surface area contributed by atoms with Gasteiger partial charge in [-0.15, -0.1) is 0 Å². The Labute approximate surface area is 108 Å². The normalized spacial score (nSPS) is 9.89. The summed E-state index contributed by atoms with van der Waals surface area (Å²) in [6, 6.07) is 2.35. The fourth-order valence-electron chi connectivity index (χ4n) is 1.40. The second kappa shape index (κ2) is 6.11. The van der Waals surface area contributed by atoms with Crippen molar-refractivity contribution in [3.63, 3.8) is 0 Å². The van der Waals surface area contributed by atoms with Crippen LogP contribution in [0.2, 0.25) is 5.02 Å². The number of hydrogen-bond acceptors (Lipinski definition) is 5. The number of nitro benzene ring substituents is 1. The summed E-state index contributed by atoms with van der Waals surface area (Å²) in [7, 11) is 0. The summed E-state index contributed by atoms with van der Waals surface area (Å²) in [6.07, 6.45) is 0.148. The first kappa shape index (κ1) is 14.1. The van der Waals surface area contributed by atoms with Crippen molar-refractivity contribution in [1.82, 2.24) is 0 Å². The predicted molar refractivity (Wildman–Crippen MR) is 63.8 cm³/mol. The molecule has 0 saturated carbocycles. The van der Waals surface area contributed by atoms with Crippen LogP contribution in [0.3, 0.4) is 0 Å². The molecule has 6 nitrogen and oxygen atoms in total. The number of benzene rings is 1.